The SMILES string of the molecule is COCCCn1c(=S)[nH]c2cc(C(=O)N3CCN(C)CC3c3ccccc3)ccc2c1=O. The summed E-state index contributed by atoms with van der Waals surface area (Å²) in [6.45, 7) is 3.28. The van der Waals surface area contributed by atoms with Crippen molar-refractivity contribution in [2.45, 2.75) is 19.0 Å². The lowest BCUT2D eigenvalue weighted by atomic mass is 10.0. The first-order chi connectivity index (χ1) is 15.5. The summed E-state index contributed by atoms with van der Waals surface area (Å²) in [4.78, 5) is 33.8. The molecule has 0 radical (unpaired) electrons. The summed E-state index contributed by atoms with van der Waals surface area (Å²) in [5.41, 5.74) is 2.09. The van der Waals surface area contributed by atoms with E-state index in [4.69, 9.17) is 17.0 Å². The van der Waals surface area contributed by atoms with Crippen molar-refractivity contribution >= 4 is 29.0 Å². The molecule has 1 unspecified atom stereocenters. The van der Waals surface area contributed by atoms with E-state index in [1.807, 2.05) is 23.1 Å². The van der Waals surface area contributed by atoms with Gasteiger partial charge in [0.1, 0.15) is 0 Å². The quantitative estimate of drug-likeness (QED) is 0.459. The lowest BCUT2D eigenvalue weighted by Crippen LogP contribution is -2.49. The molecular formula is C24H28N4O3S. The largest absolute Gasteiger partial charge is 0.385 e. The zero-order valence-corrected chi connectivity index (χ0v) is 19.2. The summed E-state index contributed by atoms with van der Waals surface area (Å²) in [5, 5.41) is 0.519. The number of nitrogens with one attached hydrogen (secondary N) is 1. The van der Waals surface area contributed by atoms with Gasteiger partial charge in [-0.05, 0) is 49.4 Å². The van der Waals surface area contributed by atoms with Gasteiger partial charge < -0.3 is 19.5 Å². The highest BCUT2D eigenvalue weighted by Crippen LogP contribution is 2.27. The van der Waals surface area contributed by atoms with Gasteiger partial charge in [-0.1, -0.05) is 30.3 Å². The third-order valence-electron chi connectivity index (χ3n) is 5.99. The van der Waals surface area contributed by atoms with Crippen LogP contribution in [0.5, 0.6) is 0 Å². The summed E-state index contributed by atoms with van der Waals surface area (Å²) < 4.78 is 6.97. The Hall–Kier alpha value is -2.81. The molecule has 3 aromatic rings. The van der Waals surface area contributed by atoms with Crippen LogP contribution in [0.1, 0.15) is 28.4 Å². The number of ether oxygens (including phenoxy) is 1. The number of benzene rings is 2. The summed E-state index contributed by atoms with van der Waals surface area (Å²) in [7, 11) is 3.71. The molecule has 1 fully saturated rings. The lowest BCUT2D eigenvalue weighted by molar-refractivity contribution is 0.0498. The Balaban J connectivity index is 1.66. The van der Waals surface area contributed by atoms with E-state index in [-0.39, 0.29) is 17.5 Å². The van der Waals surface area contributed by atoms with Crippen molar-refractivity contribution in [1.29, 1.82) is 0 Å². The number of amides is 1. The van der Waals surface area contributed by atoms with Crippen LogP contribution in [0, 0.1) is 4.77 Å². The van der Waals surface area contributed by atoms with E-state index in [9.17, 15) is 9.59 Å². The van der Waals surface area contributed by atoms with Crippen LogP contribution in [0.2, 0.25) is 0 Å². The number of aromatic nitrogens is 2. The Morgan fingerprint density at radius 2 is 1.97 bits per heavy atom. The highest BCUT2D eigenvalue weighted by molar-refractivity contribution is 7.71. The number of methoxy groups -OCH3 is 1. The van der Waals surface area contributed by atoms with Crippen LogP contribution in [0.3, 0.4) is 0 Å². The highest BCUT2D eigenvalue weighted by atomic mass is 32.1. The Morgan fingerprint density at radius 1 is 1.19 bits per heavy atom. The molecule has 1 amide bonds. The molecule has 168 valence electrons. The number of piperazine rings is 1. The second kappa shape index (κ2) is 9.77. The predicted molar refractivity (Wildman–Crippen MR) is 128 cm³/mol. The molecule has 4 rings (SSSR count). The molecule has 0 aliphatic carbocycles. The van der Waals surface area contributed by atoms with E-state index in [1.165, 1.54) is 0 Å². The van der Waals surface area contributed by atoms with Crippen molar-refractivity contribution in [2.24, 2.45) is 0 Å². The third kappa shape index (κ3) is 4.53. The van der Waals surface area contributed by atoms with Gasteiger partial charge in [-0.25, -0.2) is 0 Å². The van der Waals surface area contributed by atoms with E-state index in [2.05, 4.69) is 29.1 Å². The number of hydrogen-bond donors (Lipinski definition) is 1. The lowest BCUT2D eigenvalue weighted by Gasteiger charge is -2.40. The Bertz CT molecular complexity index is 1220. The third-order valence-corrected chi connectivity index (χ3v) is 6.31. The van der Waals surface area contributed by atoms with Crippen LogP contribution < -0.4 is 5.56 Å². The summed E-state index contributed by atoms with van der Waals surface area (Å²) in [6, 6.07) is 15.3. The van der Waals surface area contributed by atoms with E-state index in [0.29, 0.717) is 47.4 Å². The molecule has 1 N–H and O–H groups in total. The number of carbonyl (C=O) groups excluding carboxylic acids is 1. The molecular weight excluding hydrogens is 424 g/mol. The zero-order chi connectivity index (χ0) is 22.7. The average molecular weight is 453 g/mol. The minimum absolute atomic E-state index is 0.0228. The summed E-state index contributed by atoms with van der Waals surface area (Å²) in [6.07, 6.45) is 0.695. The number of hydrogen-bond acceptors (Lipinski definition) is 5. The fourth-order valence-electron chi connectivity index (χ4n) is 4.25. The first kappa shape index (κ1) is 22.4. The Morgan fingerprint density at radius 3 is 2.72 bits per heavy atom. The molecule has 32 heavy (non-hydrogen) atoms. The van der Waals surface area contributed by atoms with Gasteiger partial charge in [0, 0.05) is 45.5 Å². The number of nitrogens with zero attached hydrogens (tertiary/aromatic N) is 3. The van der Waals surface area contributed by atoms with E-state index in [1.54, 1.807) is 29.9 Å². The number of rotatable bonds is 6. The number of fused-ring (bicyclic) bond motifs is 1. The molecule has 2 aromatic carbocycles. The van der Waals surface area contributed by atoms with E-state index in [0.717, 1.165) is 18.7 Å². The van der Waals surface area contributed by atoms with Gasteiger partial charge in [0.15, 0.2) is 4.77 Å². The normalized spacial score (nSPS) is 17.1. The number of aromatic amines is 1. The van der Waals surface area contributed by atoms with Gasteiger partial charge in [-0.15, -0.1) is 0 Å². The molecule has 8 heteroatoms. The fraction of sp³-hybridized carbons (Fsp3) is 0.375. The molecule has 1 aliphatic heterocycles. The van der Waals surface area contributed by atoms with Crippen molar-refractivity contribution in [3.05, 3.63) is 74.8 Å². The molecule has 1 aliphatic rings. The maximum atomic E-state index is 13.5. The molecule has 0 spiro atoms. The van der Waals surface area contributed by atoms with Crippen molar-refractivity contribution in [3.63, 3.8) is 0 Å². The fourth-order valence-corrected chi connectivity index (χ4v) is 4.53. The maximum Gasteiger partial charge on any atom is 0.262 e. The number of carbonyl (C=O) groups is 1. The predicted octanol–water partition coefficient (Wildman–Crippen LogP) is 3.22. The second-order valence-electron chi connectivity index (χ2n) is 8.18. The average Bonchev–Trinajstić information content (AvgIpc) is 2.81. The molecule has 2 heterocycles. The van der Waals surface area contributed by atoms with E-state index < -0.39 is 0 Å². The maximum absolute atomic E-state index is 13.5. The van der Waals surface area contributed by atoms with Crippen LogP contribution in [0.15, 0.2) is 53.3 Å². The number of likely N-dealkylation sites (N-methyl/N-ethyl adjacent to an activating group) is 1. The van der Waals surface area contributed by atoms with Crippen LogP contribution in [0.4, 0.5) is 0 Å². The van der Waals surface area contributed by atoms with Crippen molar-refractivity contribution in [2.75, 3.05) is 40.4 Å². The van der Waals surface area contributed by atoms with Gasteiger partial charge in [0.2, 0.25) is 0 Å². The summed E-state index contributed by atoms with van der Waals surface area (Å²) >= 11 is 5.41. The van der Waals surface area contributed by atoms with Crippen molar-refractivity contribution < 1.29 is 9.53 Å². The topological polar surface area (TPSA) is 70.6 Å². The number of H-pyrrole nitrogens is 1. The minimum atomic E-state index is -0.152. The standard InChI is InChI=1S/C24H28N4O3S/c1-26-12-13-27(21(16-26)17-7-4-3-5-8-17)22(29)18-9-10-19-20(15-18)25-24(32)28(23(19)30)11-6-14-31-2/h3-5,7-10,15,21H,6,11-14,16H2,1-2H3,(H,25,32). The van der Waals surface area contributed by atoms with Crippen molar-refractivity contribution in [3.8, 4) is 0 Å². The monoisotopic (exact) mass is 452 g/mol. The molecule has 1 atom stereocenters. The van der Waals surface area contributed by atoms with Crippen molar-refractivity contribution in [1.82, 2.24) is 19.4 Å². The van der Waals surface area contributed by atoms with E-state index >= 15 is 0 Å². The van der Waals surface area contributed by atoms with Crippen LogP contribution in [-0.4, -0.2) is 65.7 Å². The first-order valence-electron chi connectivity index (χ1n) is 10.8. The Labute approximate surface area is 192 Å². The second-order valence-corrected chi connectivity index (χ2v) is 8.57. The molecule has 0 bridgehead atoms. The highest BCUT2D eigenvalue weighted by Gasteiger charge is 2.31. The summed E-state index contributed by atoms with van der Waals surface area (Å²) in [5.74, 6) is -0.0440. The smallest absolute Gasteiger partial charge is 0.262 e. The van der Waals surface area contributed by atoms with Gasteiger partial charge >= 0.3 is 0 Å². The van der Waals surface area contributed by atoms with Crippen LogP contribution in [0.25, 0.3) is 10.9 Å². The van der Waals surface area contributed by atoms with Crippen LogP contribution >= 0.6 is 12.2 Å². The molecule has 7 nitrogen and oxygen atoms in total. The Kier molecular flexibility index (Phi) is 6.83. The van der Waals surface area contributed by atoms with Gasteiger partial charge in [-0.2, -0.15) is 0 Å². The van der Waals surface area contributed by atoms with Gasteiger partial charge in [0.25, 0.3) is 11.5 Å². The molecule has 0 saturated carbocycles. The van der Waals surface area contributed by atoms with Gasteiger partial charge in [-0.3, -0.25) is 14.2 Å². The first-order valence-corrected chi connectivity index (χ1v) is 11.2. The van der Waals surface area contributed by atoms with Gasteiger partial charge in [0.05, 0.1) is 16.9 Å². The minimum Gasteiger partial charge on any atom is -0.385 e. The van der Waals surface area contributed by atoms with Crippen LogP contribution in [-0.2, 0) is 11.3 Å². The molecule has 1 aromatic heterocycles. The zero-order valence-electron chi connectivity index (χ0n) is 18.4. The molecule has 1 saturated heterocycles.